The molecule has 0 bridgehead atoms. The number of carboxylic acids is 1. The number of aliphatic hydroxyl groups is 4. The van der Waals surface area contributed by atoms with Crippen LogP contribution in [0.3, 0.4) is 0 Å². The topological polar surface area (TPSA) is 256 Å². The summed E-state index contributed by atoms with van der Waals surface area (Å²) in [6.45, 7) is -0.912. The molecule has 0 aromatic rings. The van der Waals surface area contributed by atoms with Gasteiger partial charge in [-0.05, 0) is 6.08 Å². The minimum absolute atomic E-state index is 0.549. The average molecular weight is 495 g/mol. The summed E-state index contributed by atoms with van der Waals surface area (Å²) < 4.78 is 75.4. The number of carboxylic acid groups (broad SMARTS) is 1. The predicted molar refractivity (Wildman–Crippen MR) is 93.6 cm³/mol. The van der Waals surface area contributed by atoms with Crippen molar-refractivity contribution in [3.05, 3.63) is 11.8 Å². The molecule has 18 heteroatoms. The van der Waals surface area contributed by atoms with Crippen LogP contribution in [0.5, 0.6) is 0 Å². The molecule has 2 aliphatic heterocycles. The molecule has 0 aromatic carbocycles. The maximum atomic E-state index is 11.5. The number of carbonyl (C=O) groups is 1. The summed E-state index contributed by atoms with van der Waals surface area (Å²) >= 11 is 0. The first-order valence-corrected chi connectivity index (χ1v) is 11.6. The predicted octanol–water partition coefficient (Wildman–Crippen LogP) is -4.77. The molecule has 16 nitrogen and oxygen atoms in total. The third kappa shape index (κ3) is 6.76. The fraction of sp³-hybridized carbons (Fsp3) is 0.769. The van der Waals surface area contributed by atoms with E-state index in [0.29, 0.717) is 12.3 Å². The number of rotatable bonds is 8. The molecule has 0 aliphatic carbocycles. The van der Waals surface area contributed by atoms with Crippen LogP contribution in [0.4, 0.5) is 0 Å². The second kappa shape index (κ2) is 9.58. The van der Waals surface area contributed by atoms with Gasteiger partial charge in [-0.25, -0.2) is 22.1 Å². The van der Waals surface area contributed by atoms with Crippen LogP contribution in [0.1, 0.15) is 0 Å². The Hall–Kier alpha value is -1.45. The second-order valence-electron chi connectivity index (χ2n) is 6.56. The van der Waals surface area contributed by atoms with Gasteiger partial charge in [-0.1, -0.05) is 0 Å². The van der Waals surface area contributed by atoms with Crippen LogP contribution in [-0.4, -0.2) is 115 Å². The van der Waals surface area contributed by atoms with Gasteiger partial charge in [0, 0.05) is 0 Å². The van der Waals surface area contributed by atoms with Crippen molar-refractivity contribution in [3.8, 4) is 0 Å². The highest BCUT2D eigenvalue weighted by molar-refractivity contribution is 7.88. The van der Waals surface area contributed by atoms with Crippen LogP contribution in [0.15, 0.2) is 11.8 Å². The first-order valence-electron chi connectivity index (χ1n) is 8.33. The van der Waals surface area contributed by atoms with Gasteiger partial charge < -0.3 is 39.7 Å². The highest BCUT2D eigenvalue weighted by Gasteiger charge is 2.50. The lowest BCUT2D eigenvalue weighted by molar-refractivity contribution is -0.303. The van der Waals surface area contributed by atoms with Crippen LogP contribution < -0.4 is 4.72 Å². The Kier molecular flexibility index (Phi) is 7.98. The Morgan fingerprint density at radius 2 is 1.81 bits per heavy atom. The minimum Gasteiger partial charge on any atom is -0.475 e. The third-order valence-electron chi connectivity index (χ3n) is 4.13. The largest absolute Gasteiger partial charge is 0.475 e. The Labute approximate surface area is 175 Å². The van der Waals surface area contributed by atoms with Crippen LogP contribution in [0, 0.1) is 0 Å². The highest BCUT2D eigenvalue weighted by Crippen LogP contribution is 2.29. The van der Waals surface area contributed by atoms with E-state index in [1.165, 1.54) is 0 Å². The zero-order valence-electron chi connectivity index (χ0n) is 15.6. The first-order chi connectivity index (χ1) is 14.1. The van der Waals surface area contributed by atoms with E-state index in [4.69, 9.17) is 23.9 Å². The van der Waals surface area contributed by atoms with Gasteiger partial charge in [-0.15, -0.1) is 0 Å². The van der Waals surface area contributed by atoms with Gasteiger partial charge in [0.15, 0.2) is 12.4 Å². The summed E-state index contributed by atoms with van der Waals surface area (Å²) in [7, 11) is -9.21. The maximum absolute atomic E-state index is 11.5. The van der Waals surface area contributed by atoms with Crippen LogP contribution in [-0.2, 0) is 43.6 Å². The number of ether oxygens (including phenoxy) is 3. The van der Waals surface area contributed by atoms with E-state index in [1.807, 2.05) is 4.72 Å². The van der Waals surface area contributed by atoms with Crippen molar-refractivity contribution in [2.75, 3.05) is 12.9 Å². The Morgan fingerprint density at radius 1 is 1.19 bits per heavy atom. The van der Waals surface area contributed by atoms with E-state index in [0.717, 1.165) is 0 Å². The van der Waals surface area contributed by atoms with Gasteiger partial charge in [0.1, 0.15) is 30.5 Å². The van der Waals surface area contributed by atoms with Gasteiger partial charge in [0.25, 0.3) is 0 Å². The van der Waals surface area contributed by atoms with Crippen molar-refractivity contribution < 1.29 is 70.1 Å². The van der Waals surface area contributed by atoms with E-state index in [2.05, 4.69) is 4.18 Å². The molecule has 1 saturated heterocycles. The molecule has 2 aliphatic rings. The number of hydrogen-bond donors (Lipinski definition) is 7. The first kappa shape index (κ1) is 25.8. The van der Waals surface area contributed by atoms with Crippen molar-refractivity contribution in [2.24, 2.45) is 0 Å². The van der Waals surface area contributed by atoms with Crippen molar-refractivity contribution in [3.63, 3.8) is 0 Å². The fourth-order valence-electron chi connectivity index (χ4n) is 2.89. The highest BCUT2D eigenvalue weighted by atomic mass is 32.3. The molecule has 7 N–H and O–H groups in total. The molecular weight excluding hydrogens is 474 g/mol. The molecule has 2 unspecified atom stereocenters. The maximum Gasteiger partial charge on any atom is 0.397 e. The molecule has 2 rings (SSSR count). The number of nitrogens with one attached hydrogen (secondary N) is 1. The van der Waals surface area contributed by atoms with Gasteiger partial charge in [0.05, 0.1) is 12.9 Å². The number of aliphatic carboxylic acids is 1. The van der Waals surface area contributed by atoms with Crippen molar-refractivity contribution in [1.82, 2.24) is 4.72 Å². The van der Waals surface area contributed by atoms with Crippen LogP contribution >= 0.6 is 0 Å². The lowest BCUT2D eigenvalue weighted by Gasteiger charge is -2.44. The number of sulfonamides is 1. The van der Waals surface area contributed by atoms with Crippen molar-refractivity contribution in [2.45, 2.75) is 49.1 Å². The lowest BCUT2D eigenvalue weighted by Crippen LogP contribution is -2.66. The standard InChI is InChI=1S/C13H21NO15S2/c1-30(21,22)14-7-8(17)10(6(3-15)26-12(7)20)28-13-9(29-31(23,24)25)4(16)2-5(27-13)11(18)19/h2,4,6-10,12-17,20H,3H2,1H3,(H,18,19)(H,23,24,25)/t4-,6+,7+,8+,9+,10?,12?,13-/m0/s1. The monoisotopic (exact) mass is 495 g/mol. The van der Waals surface area contributed by atoms with E-state index >= 15 is 0 Å². The van der Waals surface area contributed by atoms with Crippen LogP contribution in [0.25, 0.3) is 0 Å². The summed E-state index contributed by atoms with van der Waals surface area (Å²) in [4.78, 5) is 11.2. The number of hydrogen-bond acceptors (Lipinski definition) is 13. The molecule has 0 aromatic heterocycles. The van der Waals surface area contributed by atoms with E-state index in [-0.39, 0.29) is 0 Å². The van der Waals surface area contributed by atoms with E-state index in [9.17, 15) is 42.1 Å². The van der Waals surface area contributed by atoms with Gasteiger partial charge in [-0.2, -0.15) is 8.42 Å². The van der Waals surface area contributed by atoms with Crippen molar-refractivity contribution >= 4 is 26.4 Å². The third-order valence-corrected chi connectivity index (χ3v) is 5.29. The van der Waals surface area contributed by atoms with E-state index < -0.39 is 87.9 Å². The summed E-state index contributed by atoms with van der Waals surface area (Å²) in [5.41, 5.74) is 0. The summed E-state index contributed by atoms with van der Waals surface area (Å²) in [6, 6.07) is -1.73. The van der Waals surface area contributed by atoms with E-state index in [1.54, 1.807) is 0 Å². The molecule has 0 amide bonds. The average Bonchev–Trinajstić information content (AvgIpc) is 2.61. The minimum atomic E-state index is -5.22. The molecule has 180 valence electrons. The molecule has 0 spiro atoms. The molecule has 2 heterocycles. The number of aliphatic hydroxyl groups excluding tert-OH is 4. The Bertz CT molecular complexity index is 902. The Morgan fingerprint density at radius 3 is 2.29 bits per heavy atom. The summed E-state index contributed by atoms with van der Waals surface area (Å²) in [6.07, 6.45) is -12.2. The lowest BCUT2D eigenvalue weighted by atomic mass is 9.97. The van der Waals surface area contributed by atoms with Crippen LogP contribution in [0.2, 0.25) is 0 Å². The summed E-state index contributed by atoms with van der Waals surface area (Å²) in [5.74, 6) is -2.62. The second-order valence-corrected chi connectivity index (χ2v) is 9.38. The van der Waals surface area contributed by atoms with Gasteiger partial charge in [0.2, 0.25) is 22.1 Å². The molecular formula is C13H21NO15S2. The molecule has 8 atom stereocenters. The summed E-state index contributed by atoms with van der Waals surface area (Å²) in [5, 5.41) is 48.9. The zero-order valence-corrected chi connectivity index (χ0v) is 17.2. The molecule has 0 saturated carbocycles. The Balaban J connectivity index is 2.36. The SMILES string of the molecule is CS(=O)(=O)N[C@H]1C(O)O[C@H](CO)C(O[C@@H]2OC(C(=O)O)=C[C@H](O)[C@H]2OS(=O)(=O)O)[C@@H]1O. The molecule has 0 radical (unpaired) electrons. The fourth-order valence-corrected chi connectivity index (χ4v) is 4.13. The van der Waals surface area contributed by atoms with Gasteiger partial charge in [-0.3, -0.25) is 4.55 Å². The van der Waals surface area contributed by atoms with Gasteiger partial charge >= 0.3 is 16.4 Å². The smallest absolute Gasteiger partial charge is 0.397 e. The molecule has 1 fully saturated rings. The van der Waals surface area contributed by atoms with Crippen molar-refractivity contribution in [1.29, 1.82) is 0 Å². The zero-order chi connectivity index (χ0) is 23.7. The normalized spacial score (nSPS) is 37.0. The quantitative estimate of drug-likeness (QED) is 0.156. The molecule has 31 heavy (non-hydrogen) atoms.